The summed E-state index contributed by atoms with van der Waals surface area (Å²) in [7, 11) is 2.01. The minimum atomic E-state index is 0.749. The molecule has 0 bridgehead atoms. The van der Waals surface area contributed by atoms with Gasteiger partial charge in [0.1, 0.15) is 5.82 Å². The van der Waals surface area contributed by atoms with E-state index < -0.39 is 0 Å². The van der Waals surface area contributed by atoms with Gasteiger partial charge in [0.2, 0.25) is 5.95 Å². The van der Waals surface area contributed by atoms with E-state index in [9.17, 15) is 0 Å². The Bertz CT molecular complexity index is 497. The molecule has 0 radical (unpaired) electrons. The SMILES string of the molecule is CCCCNc1nc(C)cn1Cc1nccn1C. The molecule has 0 aliphatic rings. The van der Waals surface area contributed by atoms with E-state index in [0.29, 0.717) is 0 Å². The zero-order valence-electron chi connectivity index (χ0n) is 11.3. The maximum absolute atomic E-state index is 4.51. The molecule has 18 heavy (non-hydrogen) atoms. The molecule has 0 unspecified atom stereocenters. The van der Waals surface area contributed by atoms with E-state index in [0.717, 1.165) is 37.0 Å². The van der Waals surface area contributed by atoms with Crippen molar-refractivity contribution in [1.82, 2.24) is 19.1 Å². The van der Waals surface area contributed by atoms with E-state index >= 15 is 0 Å². The summed E-state index contributed by atoms with van der Waals surface area (Å²) in [4.78, 5) is 8.85. The largest absolute Gasteiger partial charge is 0.356 e. The van der Waals surface area contributed by atoms with E-state index in [4.69, 9.17) is 0 Å². The molecular formula is C13H21N5. The van der Waals surface area contributed by atoms with Crippen molar-refractivity contribution in [3.8, 4) is 0 Å². The fourth-order valence-electron chi connectivity index (χ4n) is 1.89. The molecule has 0 aliphatic heterocycles. The second-order valence-electron chi connectivity index (χ2n) is 4.57. The number of nitrogens with zero attached hydrogens (tertiary/aromatic N) is 4. The quantitative estimate of drug-likeness (QED) is 0.796. The fraction of sp³-hybridized carbons (Fsp3) is 0.538. The predicted octanol–water partition coefficient (Wildman–Crippen LogP) is 2.19. The molecule has 0 amide bonds. The van der Waals surface area contributed by atoms with Crippen LogP contribution in [0.3, 0.4) is 0 Å². The van der Waals surface area contributed by atoms with Crippen LogP contribution < -0.4 is 5.32 Å². The summed E-state index contributed by atoms with van der Waals surface area (Å²) in [6.07, 6.45) is 8.19. The standard InChI is InChI=1S/C13H21N5/c1-4-5-6-15-13-16-11(2)9-18(13)10-12-14-7-8-17(12)3/h7-9H,4-6,10H2,1-3H3,(H,15,16). The minimum absolute atomic E-state index is 0.749. The summed E-state index contributed by atoms with van der Waals surface area (Å²) in [5.74, 6) is 1.97. The third kappa shape index (κ3) is 2.91. The molecule has 0 saturated heterocycles. The van der Waals surface area contributed by atoms with Crippen LogP contribution in [0, 0.1) is 6.92 Å². The van der Waals surface area contributed by atoms with Crippen LogP contribution in [0.5, 0.6) is 0 Å². The number of anilines is 1. The molecule has 2 aromatic heterocycles. The highest BCUT2D eigenvalue weighted by molar-refractivity contribution is 5.29. The number of hydrogen-bond acceptors (Lipinski definition) is 3. The first kappa shape index (κ1) is 12.7. The Labute approximate surface area is 108 Å². The van der Waals surface area contributed by atoms with Crippen LogP contribution in [0.15, 0.2) is 18.6 Å². The Morgan fingerprint density at radius 3 is 2.89 bits per heavy atom. The molecule has 0 aliphatic carbocycles. The highest BCUT2D eigenvalue weighted by atomic mass is 15.2. The Hall–Kier alpha value is -1.78. The highest BCUT2D eigenvalue weighted by Crippen LogP contribution is 2.11. The van der Waals surface area contributed by atoms with Crippen molar-refractivity contribution in [2.45, 2.75) is 33.2 Å². The van der Waals surface area contributed by atoms with Crippen LogP contribution in [-0.2, 0) is 13.6 Å². The van der Waals surface area contributed by atoms with Crippen molar-refractivity contribution >= 4 is 5.95 Å². The van der Waals surface area contributed by atoms with Crippen LogP contribution in [-0.4, -0.2) is 25.6 Å². The summed E-state index contributed by atoms with van der Waals surface area (Å²) in [5.41, 5.74) is 1.03. The molecule has 2 rings (SSSR count). The number of aromatic nitrogens is 4. The molecule has 0 saturated carbocycles. The van der Waals surface area contributed by atoms with Gasteiger partial charge in [-0.25, -0.2) is 9.97 Å². The molecule has 0 fully saturated rings. The van der Waals surface area contributed by atoms with Crippen molar-refractivity contribution in [3.05, 3.63) is 30.1 Å². The van der Waals surface area contributed by atoms with Gasteiger partial charge in [0.15, 0.2) is 0 Å². The van der Waals surface area contributed by atoms with Crippen LogP contribution in [0.2, 0.25) is 0 Å². The van der Waals surface area contributed by atoms with Crippen LogP contribution in [0.1, 0.15) is 31.3 Å². The van der Waals surface area contributed by atoms with Gasteiger partial charge in [-0.3, -0.25) is 0 Å². The Kier molecular flexibility index (Phi) is 4.02. The lowest BCUT2D eigenvalue weighted by molar-refractivity contribution is 0.698. The van der Waals surface area contributed by atoms with E-state index in [-0.39, 0.29) is 0 Å². The lowest BCUT2D eigenvalue weighted by atomic mass is 10.3. The van der Waals surface area contributed by atoms with E-state index in [1.165, 1.54) is 6.42 Å². The summed E-state index contributed by atoms with van der Waals surface area (Å²) in [6.45, 7) is 5.92. The predicted molar refractivity (Wildman–Crippen MR) is 72.7 cm³/mol. The Morgan fingerprint density at radius 1 is 1.39 bits per heavy atom. The van der Waals surface area contributed by atoms with Crippen LogP contribution in [0.4, 0.5) is 5.95 Å². The number of hydrogen-bond donors (Lipinski definition) is 1. The number of aryl methyl sites for hydroxylation is 2. The second-order valence-corrected chi connectivity index (χ2v) is 4.57. The van der Waals surface area contributed by atoms with Gasteiger partial charge < -0.3 is 14.5 Å². The molecule has 2 aromatic rings. The average Bonchev–Trinajstić information content (AvgIpc) is 2.88. The third-order valence-electron chi connectivity index (χ3n) is 2.94. The highest BCUT2D eigenvalue weighted by Gasteiger charge is 2.07. The minimum Gasteiger partial charge on any atom is -0.356 e. The Morgan fingerprint density at radius 2 is 2.22 bits per heavy atom. The zero-order valence-corrected chi connectivity index (χ0v) is 11.3. The monoisotopic (exact) mass is 247 g/mol. The van der Waals surface area contributed by atoms with Gasteiger partial charge in [0.25, 0.3) is 0 Å². The molecule has 5 nitrogen and oxygen atoms in total. The van der Waals surface area contributed by atoms with Crippen LogP contribution in [0.25, 0.3) is 0 Å². The van der Waals surface area contributed by atoms with Crippen molar-refractivity contribution in [2.24, 2.45) is 7.05 Å². The van der Waals surface area contributed by atoms with Gasteiger partial charge in [-0.05, 0) is 13.3 Å². The maximum Gasteiger partial charge on any atom is 0.203 e. The first-order valence-corrected chi connectivity index (χ1v) is 6.44. The normalized spacial score (nSPS) is 10.8. The van der Waals surface area contributed by atoms with Gasteiger partial charge in [-0.2, -0.15) is 0 Å². The fourth-order valence-corrected chi connectivity index (χ4v) is 1.89. The lowest BCUT2D eigenvalue weighted by Crippen LogP contribution is -2.11. The second kappa shape index (κ2) is 5.71. The molecule has 1 N–H and O–H groups in total. The van der Waals surface area contributed by atoms with Crippen molar-refractivity contribution in [1.29, 1.82) is 0 Å². The Balaban J connectivity index is 2.09. The van der Waals surface area contributed by atoms with E-state index in [1.807, 2.05) is 30.9 Å². The first-order valence-electron chi connectivity index (χ1n) is 6.44. The molecule has 0 aromatic carbocycles. The topological polar surface area (TPSA) is 47.7 Å². The summed E-state index contributed by atoms with van der Waals surface area (Å²) >= 11 is 0. The zero-order chi connectivity index (χ0) is 13.0. The lowest BCUT2D eigenvalue weighted by Gasteiger charge is -2.09. The van der Waals surface area contributed by atoms with Gasteiger partial charge in [0.05, 0.1) is 12.2 Å². The number of imidazole rings is 2. The first-order chi connectivity index (χ1) is 8.70. The number of rotatable bonds is 6. The van der Waals surface area contributed by atoms with Gasteiger partial charge in [-0.1, -0.05) is 13.3 Å². The van der Waals surface area contributed by atoms with Gasteiger partial charge in [-0.15, -0.1) is 0 Å². The van der Waals surface area contributed by atoms with Crippen molar-refractivity contribution in [2.75, 3.05) is 11.9 Å². The summed E-state index contributed by atoms with van der Waals surface area (Å²) in [6, 6.07) is 0. The maximum atomic E-state index is 4.51. The smallest absolute Gasteiger partial charge is 0.203 e. The molecule has 0 spiro atoms. The average molecular weight is 247 g/mol. The van der Waals surface area contributed by atoms with Crippen molar-refractivity contribution in [3.63, 3.8) is 0 Å². The molecule has 2 heterocycles. The van der Waals surface area contributed by atoms with Gasteiger partial charge in [0, 0.05) is 32.2 Å². The van der Waals surface area contributed by atoms with E-state index in [2.05, 4.69) is 33.0 Å². The number of nitrogens with one attached hydrogen (secondary N) is 1. The molecular weight excluding hydrogens is 226 g/mol. The molecule has 98 valence electrons. The molecule has 0 atom stereocenters. The summed E-state index contributed by atoms with van der Waals surface area (Å²) < 4.78 is 4.15. The van der Waals surface area contributed by atoms with Crippen LogP contribution >= 0.6 is 0 Å². The third-order valence-corrected chi connectivity index (χ3v) is 2.94. The summed E-state index contributed by atoms with van der Waals surface area (Å²) in [5, 5.41) is 3.38. The van der Waals surface area contributed by atoms with E-state index in [1.54, 1.807) is 0 Å². The number of unbranched alkanes of at least 4 members (excludes halogenated alkanes) is 1. The van der Waals surface area contributed by atoms with Gasteiger partial charge >= 0.3 is 0 Å². The van der Waals surface area contributed by atoms with Crippen molar-refractivity contribution < 1.29 is 0 Å². The molecule has 5 heteroatoms.